The van der Waals surface area contributed by atoms with Gasteiger partial charge in [0, 0.05) is 20.3 Å². The lowest BCUT2D eigenvalue weighted by atomic mass is 9.86. The van der Waals surface area contributed by atoms with E-state index >= 15 is 0 Å². The minimum Gasteiger partial charge on any atom is -0.493 e. The van der Waals surface area contributed by atoms with E-state index in [9.17, 15) is 4.79 Å². The first-order valence-electron chi connectivity index (χ1n) is 8.05. The van der Waals surface area contributed by atoms with E-state index in [2.05, 4.69) is 5.32 Å². The number of ether oxygens (including phenoxy) is 2. The molecule has 1 atom stereocenters. The Labute approximate surface area is 147 Å². The van der Waals surface area contributed by atoms with Crippen LogP contribution in [0.4, 0.5) is 0 Å². The minimum absolute atomic E-state index is 0.109. The lowest BCUT2D eigenvalue weighted by Gasteiger charge is -2.30. The molecule has 5 heteroatoms. The van der Waals surface area contributed by atoms with Crippen LogP contribution < -0.4 is 14.8 Å². The van der Waals surface area contributed by atoms with Crippen molar-refractivity contribution in [3.63, 3.8) is 0 Å². The molecule has 5 nitrogen and oxygen atoms in total. The molecule has 1 aliphatic heterocycles. The van der Waals surface area contributed by atoms with Gasteiger partial charge in [0.15, 0.2) is 11.5 Å². The van der Waals surface area contributed by atoms with E-state index < -0.39 is 0 Å². The van der Waals surface area contributed by atoms with Crippen LogP contribution in [0, 0.1) is 0 Å². The summed E-state index contributed by atoms with van der Waals surface area (Å²) in [5.74, 6) is 1.14. The summed E-state index contributed by atoms with van der Waals surface area (Å²) >= 11 is 0. The second-order valence-corrected chi connectivity index (χ2v) is 6.12. The molecule has 1 aliphatic rings. The van der Waals surface area contributed by atoms with Gasteiger partial charge in [-0.15, -0.1) is 0 Å². The number of carbonyl (C=O) groups excluding carboxylic acids is 1. The molecule has 25 heavy (non-hydrogen) atoms. The van der Waals surface area contributed by atoms with Crippen molar-refractivity contribution in [3.8, 4) is 11.5 Å². The van der Waals surface area contributed by atoms with Gasteiger partial charge in [-0.25, -0.2) is 0 Å². The van der Waals surface area contributed by atoms with Crippen molar-refractivity contribution < 1.29 is 14.3 Å². The van der Waals surface area contributed by atoms with Crippen LogP contribution >= 0.6 is 0 Å². The van der Waals surface area contributed by atoms with Gasteiger partial charge < -0.3 is 19.7 Å². The SMILES string of the molecule is COc1cc2c(cc1OC)C(c1ccccc1)NC(=O)/C2=C\N(C)C. The maximum Gasteiger partial charge on any atom is 0.254 e. The fraction of sp³-hybridized carbons (Fsp3) is 0.250. The molecule has 2 aromatic rings. The third kappa shape index (κ3) is 3.18. The fourth-order valence-corrected chi connectivity index (χ4v) is 3.07. The first kappa shape index (κ1) is 16.9. The first-order valence-corrected chi connectivity index (χ1v) is 8.05. The molecule has 0 fully saturated rings. The van der Waals surface area contributed by atoms with Crippen molar-refractivity contribution in [2.75, 3.05) is 28.3 Å². The quantitative estimate of drug-likeness (QED) is 0.871. The van der Waals surface area contributed by atoms with Crippen molar-refractivity contribution in [1.82, 2.24) is 10.2 Å². The number of hydrogen-bond acceptors (Lipinski definition) is 4. The number of nitrogens with one attached hydrogen (secondary N) is 1. The monoisotopic (exact) mass is 338 g/mol. The normalized spacial score (nSPS) is 17.7. The van der Waals surface area contributed by atoms with Crippen LogP contribution in [0.5, 0.6) is 11.5 Å². The topological polar surface area (TPSA) is 50.8 Å². The molecule has 3 rings (SSSR count). The number of methoxy groups -OCH3 is 2. The lowest BCUT2D eigenvalue weighted by Crippen LogP contribution is -2.35. The Kier molecular flexibility index (Phi) is 4.65. The molecular weight excluding hydrogens is 316 g/mol. The summed E-state index contributed by atoms with van der Waals surface area (Å²) in [5, 5.41) is 3.10. The molecule has 0 aromatic heterocycles. The Morgan fingerprint density at radius 3 is 2.28 bits per heavy atom. The van der Waals surface area contributed by atoms with Gasteiger partial charge in [0.25, 0.3) is 5.91 Å². The molecule has 130 valence electrons. The van der Waals surface area contributed by atoms with Crippen molar-refractivity contribution in [2.45, 2.75) is 6.04 Å². The van der Waals surface area contributed by atoms with Crippen LogP contribution in [0.2, 0.25) is 0 Å². The van der Waals surface area contributed by atoms with Crippen LogP contribution in [-0.2, 0) is 4.79 Å². The molecule has 1 amide bonds. The van der Waals surface area contributed by atoms with Gasteiger partial charge in [0.05, 0.1) is 25.8 Å². The van der Waals surface area contributed by atoms with Gasteiger partial charge in [-0.05, 0) is 28.8 Å². The number of nitrogens with zero attached hydrogens (tertiary/aromatic N) is 1. The van der Waals surface area contributed by atoms with E-state index in [1.54, 1.807) is 14.2 Å². The first-order chi connectivity index (χ1) is 12.0. The highest BCUT2D eigenvalue weighted by Gasteiger charge is 2.31. The third-order valence-corrected chi connectivity index (χ3v) is 4.20. The van der Waals surface area contributed by atoms with Crippen molar-refractivity contribution in [1.29, 1.82) is 0 Å². The van der Waals surface area contributed by atoms with Crippen molar-refractivity contribution in [3.05, 3.63) is 65.4 Å². The van der Waals surface area contributed by atoms with Crippen molar-refractivity contribution in [2.24, 2.45) is 0 Å². The van der Waals surface area contributed by atoms with Crippen molar-refractivity contribution >= 4 is 11.5 Å². The highest BCUT2D eigenvalue weighted by molar-refractivity contribution is 6.21. The summed E-state index contributed by atoms with van der Waals surface area (Å²) in [5.41, 5.74) is 3.46. The predicted octanol–water partition coefficient (Wildman–Crippen LogP) is 2.83. The van der Waals surface area contributed by atoms with Gasteiger partial charge >= 0.3 is 0 Å². The molecular formula is C20H22N2O3. The number of benzene rings is 2. The zero-order valence-corrected chi connectivity index (χ0v) is 14.9. The number of rotatable bonds is 4. The van der Waals surface area contributed by atoms with Gasteiger partial charge in [0.2, 0.25) is 0 Å². The van der Waals surface area contributed by atoms with Crippen LogP contribution in [0.1, 0.15) is 22.7 Å². The smallest absolute Gasteiger partial charge is 0.254 e. The van der Waals surface area contributed by atoms with Gasteiger partial charge in [-0.1, -0.05) is 30.3 Å². The number of carbonyl (C=O) groups is 1. The summed E-state index contributed by atoms with van der Waals surface area (Å²) < 4.78 is 10.9. The van der Waals surface area contributed by atoms with E-state index in [4.69, 9.17) is 9.47 Å². The van der Waals surface area contributed by atoms with E-state index in [0.29, 0.717) is 17.1 Å². The van der Waals surface area contributed by atoms with Gasteiger partial charge in [0.1, 0.15) is 0 Å². The Hall–Kier alpha value is -2.95. The Balaban J connectivity index is 2.24. The number of fused-ring (bicyclic) bond motifs is 1. The molecule has 0 bridgehead atoms. The van der Waals surface area contributed by atoms with Crippen LogP contribution in [0.25, 0.3) is 5.57 Å². The Morgan fingerprint density at radius 2 is 1.68 bits per heavy atom. The zero-order valence-electron chi connectivity index (χ0n) is 14.9. The van der Waals surface area contributed by atoms with Crippen LogP contribution in [-0.4, -0.2) is 39.1 Å². The van der Waals surface area contributed by atoms with E-state index in [0.717, 1.165) is 16.7 Å². The summed E-state index contributed by atoms with van der Waals surface area (Å²) in [6, 6.07) is 13.5. The second kappa shape index (κ2) is 6.89. The molecule has 0 saturated heterocycles. The maximum atomic E-state index is 12.8. The standard InChI is InChI=1S/C20H22N2O3/c1-22(2)12-16-14-10-17(24-3)18(25-4)11-15(14)19(21-20(16)23)13-8-6-5-7-9-13/h5-12,19H,1-4H3,(H,21,23)/b16-12-. The molecule has 0 radical (unpaired) electrons. The molecule has 0 aliphatic carbocycles. The second-order valence-electron chi connectivity index (χ2n) is 6.12. The Bertz CT molecular complexity index is 813. The predicted molar refractivity (Wildman–Crippen MR) is 97.6 cm³/mol. The largest absolute Gasteiger partial charge is 0.493 e. The molecule has 0 spiro atoms. The summed E-state index contributed by atoms with van der Waals surface area (Å²) in [4.78, 5) is 14.6. The van der Waals surface area contributed by atoms with Crippen LogP contribution in [0.3, 0.4) is 0 Å². The third-order valence-electron chi connectivity index (χ3n) is 4.20. The summed E-state index contributed by atoms with van der Waals surface area (Å²) in [6.07, 6.45) is 1.82. The van der Waals surface area contributed by atoms with Crippen LogP contribution in [0.15, 0.2) is 48.7 Å². The molecule has 1 heterocycles. The lowest BCUT2D eigenvalue weighted by molar-refractivity contribution is -0.116. The highest BCUT2D eigenvalue weighted by atomic mass is 16.5. The molecule has 2 aromatic carbocycles. The van der Waals surface area contributed by atoms with E-state index in [1.807, 2.05) is 67.7 Å². The molecule has 1 unspecified atom stereocenters. The van der Waals surface area contributed by atoms with Gasteiger partial charge in [-0.3, -0.25) is 4.79 Å². The molecule has 0 saturated carbocycles. The average Bonchev–Trinajstić information content (AvgIpc) is 2.63. The fourth-order valence-electron chi connectivity index (χ4n) is 3.07. The minimum atomic E-state index is -0.234. The number of hydrogen-bond donors (Lipinski definition) is 1. The zero-order chi connectivity index (χ0) is 18.0. The average molecular weight is 338 g/mol. The van der Waals surface area contributed by atoms with E-state index in [-0.39, 0.29) is 11.9 Å². The van der Waals surface area contributed by atoms with Gasteiger partial charge in [-0.2, -0.15) is 0 Å². The highest BCUT2D eigenvalue weighted by Crippen LogP contribution is 2.41. The maximum absolute atomic E-state index is 12.8. The Morgan fingerprint density at radius 1 is 1.04 bits per heavy atom. The number of amides is 1. The molecule has 1 N–H and O–H groups in total. The summed E-state index contributed by atoms with van der Waals surface area (Å²) in [7, 11) is 6.99. The van der Waals surface area contributed by atoms with E-state index in [1.165, 1.54) is 0 Å². The summed E-state index contributed by atoms with van der Waals surface area (Å²) in [6.45, 7) is 0.